The van der Waals surface area contributed by atoms with E-state index in [0.29, 0.717) is 0 Å². The summed E-state index contributed by atoms with van der Waals surface area (Å²) in [5, 5.41) is 14.2. The first-order valence-corrected chi connectivity index (χ1v) is 0.632. The van der Waals surface area contributed by atoms with E-state index in [1.807, 2.05) is 0 Å². The van der Waals surface area contributed by atoms with E-state index in [0.717, 1.165) is 0 Å². The molecule has 0 bridgehead atoms. The fourth-order valence-electron chi connectivity index (χ4n) is 0. The number of aliphatic hydroxyl groups excluding tert-OH is 1. The number of rotatable bonds is 0. The Balaban J connectivity index is 0. The number of hydrogen-bond donors (Lipinski definition) is 2. The zero-order chi connectivity index (χ0) is 2.71. The first kappa shape index (κ1) is 8.87. The predicted molar refractivity (Wildman–Crippen MR) is 16.5 cm³/mol. The van der Waals surface area contributed by atoms with Gasteiger partial charge in [0.15, 0.2) is 0 Å². The van der Waals surface area contributed by atoms with Gasteiger partial charge in [-0.15, -0.1) is 0 Å². The van der Waals surface area contributed by atoms with E-state index in [4.69, 9.17) is 10.2 Å². The fourth-order valence-corrected chi connectivity index (χ4v) is 0. The van der Waals surface area contributed by atoms with Crippen LogP contribution in [0.5, 0.6) is 0 Å². The average Bonchev–Trinajstić information content (AvgIpc) is 0.918. The Morgan fingerprint density at radius 2 is 1.25 bits per heavy atom. The van der Waals surface area contributed by atoms with E-state index in [1.165, 1.54) is 0 Å². The van der Waals surface area contributed by atoms with Crippen molar-refractivity contribution < 1.29 is 10.2 Å². The summed E-state index contributed by atoms with van der Waals surface area (Å²) >= 11 is 0. The van der Waals surface area contributed by atoms with Gasteiger partial charge in [0, 0.05) is 0 Å². The standard InChI is InChI=1S/CH4O2.Na.H/c2-1-3;;/h2-3H,1H2;;. The topological polar surface area (TPSA) is 40.5 Å². The molecule has 2 N–H and O–H groups in total. The molecule has 0 aromatic rings. The van der Waals surface area contributed by atoms with Crippen LogP contribution in [0.4, 0.5) is 0 Å². The van der Waals surface area contributed by atoms with Gasteiger partial charge >= 0.3 is 29.6 Å². The van der Waals surface area contributed by atoms with Crippen molar-refractivity contribution in [2.75, 3.05) is 6.79 Å². The maximum atomic E-state index is 7.12. The summed E-state index contributed by atoms with van der Waals surface area (Å²) in [5.74, 6) is 0. The Morgan fingerprint density at radius 1 is 1.25 bits per heavy atom. The Hall–Kier alpha value is 0.920. The molecule has 4 heavy (non-hydrogen) atoms. The summed E-state index contributed by atoms with van der Waals surface area (Å²) in [6.45, 7) is -0.750. The van der Waals surface area contributed by atoms with Crippen LogP contribution in [-0.2, 0) is 0 Å². The third kappa shape index (κ3) is 12.7. The normalized spacial score (nSPS) is 4.50. The molecule has 3 heteroatoms. The average molecular weight is 72.0 g/mol. The number of hydrogen-bond acceptors (Lipinski definition) is 2. The molecule has 0 rings (SSSR count). The minimum absolute atomic E-state index is 0. The van der Waals surface area contributed by atoms with Gasteiger partial charge in [-0.1, -0.05) is 0 Å². The zero-order valence-electron chi connectivity index (χ0n) is 1.60. The van der Waals surface area contributed by atoms with Gasteiger partial charge in [0.25, 0.3) is 0 Å². The van der Waals surface area contributed by atoms with Crippen molar-refractivity contribution >= 4 is 29.6 Å². The Morgan fingerprint density at radius 3 is 1.25 bits per heavy atom. The summed E-state index contributed by atoms with van der Waals surface area (Å²) in [6.07, 6.45) is 0. The van der Waals surface area contributed by atoms with Crippen molar-refractivity contribution in [2.45, 2.75) is 0 Å². The molecule has 0 aromatic heterocycles. The molecule has 0 saturated carbocycles. The van der Waals surface area contributed by atoms with Crippen molar-refractivity contribution in [1.82, 2.24) is 0 Å². The van der Waals surface area contributed by atoms with E-state index in [2.05, 4.69) is 0 Å². The maximum absolute atomic E-state index is 7.12. The quantitative estimate of drug-likeness (QED) is 0.264. The van der Waals surface area contributed by atoms with Crippen LogP contribution >= 0.6 is 0 Å². The SMILES string of the molecule is OCO.[NaH]. The van der Waals surface area contributed by atoms with E-state index in [9.17, 15) is 0 Å². The van der Waals surface area contributed by atoms with E-state index < -0.39 is 6.79 Å². The molecule has 0 fully saturated rings. The van der Waals surface area contributed by atoms with Gasteiger partial charge in [0.05, 0.1) is 0 Å². The second-order valence-corrected chi connectivity index (χ2v) is 0.141. The molecule has 0 heterocycles. The third-order valence-corrected chi connectivity index (χ3v) is 0. The van der Waals surface area contributed by atoms with Gasteiger partial charge in [0.1, 0.15) is 6.79 Å². The zero-order valence-corrected chi connectivity index (χ0v) is 1.60. The Bertz CT molecular complexity index is 6.00. The van der Waals surface area contributed by atoms with Crippen LogP contribution in [0.2, 0.25) is 0 Å². The van der Waals surface area contributed by atoms with Gasteiger partial charge in [0.2, 0.25) is 0 Å². The van der Waals surface area contributed by atoms with E-state index in [-0.39, 0.29) is 29.6 Å². The van der Waals surface area contributed by atoms with Crippen LogP contribution in [-0.4, -0.2) is 46.6 Å². The summed E-state index contributed by atoms with van der Waals surface area (Å²) < 4.78 is 0. The van der Waals surface area contributed by atoms with Gasteiger partial charge in [-0.3, -0.25) is 0 Å². The summed E-state index contributed by atoms with van der Waals surface area (Å²) in [7, 11) is 0. The molecular weight excluding hydrogens is 67.0 g/mol. The molecule has 0 amide bonds. The monoisotopic (exact) mass is 72.0 g/mol. The summed E-state index contributed by atoms with van der Waals surface area (Å²) in [6, 6.07) is 0. The predicted octanol–water partition coefficient (Wildman–Crippen LogP) is -1.72. The number of aliphatic hydroxyl groups is 2. The van der Waals surface area contributed by atoms with Crippen molar-refractivity contribution in [3.63, 3.8) is 0 Å². The molecule has 0 aliphatic carbocycles. The van der Waals surface area contributed by atoms with E-state index >= 15 is 0 Å². The second-order valence-electron chi connectivity index (χ2n) is 0.141. The van der Waals surface area contributed by atoms with Crippen molar-refractivity contribution in [1.29, 1.82) is 0 Å². The summed E-state index contributed by atoms with van der Waals surface area (Å²) in [4.78, 5) is 0. The molecular formula is CH5NaO2. The van der Waals surface area contributed by atoms with Crippen molar-refractivity contribution in [3.05, 3.63) is 0 Å². The van der Waals surface area contributed by atoms with Gasteiger partial charge in [-0.25, -0.2) is 0 Å². The Kier molecular flexibility index (Phi) is 20.1. The molecule has 0 atom stereocenters. The van der Waals surface area contributed by atoms with Gasteiger partial charge in [-0.05, 0) is 0 Å². The van der Waals surface area contributed by atoms with Gasteiger partial charge in [-0.2, -0.15) is 0 Å². The van der Waals surface area contributed by atoms with Crippen LogP contribution in [0.1, 0.15) is 0 Å². The first-order valence-electron chi connectivity index (χ1n) is 0.632. The molecule has 0 unspecified atom stereocenters. The third-order valence-electron chi connectivity index (χ3n) is 0. The minimum atomic E-state index is -0.750. The van der Waals surface area contributed by atoms with Crippen molar-refractivity contribution in [2.24, 2.45) is 0 Å². The molecule has 0 spiro atoms. The molecule has 2 nitrogen and oxygen atoms in total. The molecule has 22 valence electrons. The Labute approximate surface area is 46.7 Å². The molecule has 0 radical (unpaired) electrons. The van der Waals surface area contributed by atoms with Crippen LogP contribution in [0.15, 0.2) is 0 Å². The van der Waals surface area contributed by atoms with Gasteiger partial charge < -0.3 is 10.2 Å². The second kappa shape index (κ2) is 9.07. The van der Waals surface area contributed by atoms with Crippen molar-refractivity contribution in [3.8, 4) is 0 Å². The molecule has 0 aliphatic heterocycles. The van der Waals surface area contributed by atoms with Crippen LogP contribution in [0, 0.1) is 0 Å². The van der Waals surface area contributed by atoms with E-state index in [1.54, 1.807) is 0 Å². The van der Waals surface area contributed by atoms with Crippen LogP contribution < -0.4 is 0 Å². The molecule has 0 saturated heterocycles. The molecule has 0 aromatic carbocycles. The molecule has 0 aliphatic rings. The summed E-state index contributed by atoms with van der Waals surface area (Å²) in [5.41, 5.74) is 0. The van der Waals surface area contributed by atoms with Crippen LogP contribution in [0.25, 0.3) is 0 Å². The fraction of sp³-hybridized carbons (Fsp3) is 1.00. The first-order chi connectivity index (χ1) is 1.41. The van der Waals surface area contributed by atoms with Crippen LogP contribution in [0.3, 0.4) is 0 Å².